The van der Waals surface area contributed by atoms with Crippen LogP contribution in [0.25, 0.3) is 0 Å². The molecule has 1 heterocycles. The van der Waals surface area contributed by atoms with E-state index in [-0.39, 0.29) is 6.10 Å². The standard InChI is InChI=1S/C15H22BrNO3/c1-18-10-12(19-2)9-17-14-4-3-7-20-15-8-11(16)5-6-13(14)15/h5-6,8,12,14,17H,3-4,7,9-10H2,1-2H3. The molecule has 2 atom stereocenters. The number of hydrogen-bond acceptors (Lipinski definition) is 4. The maximum Gasteiger partial charge on any atom is 0.125 e. The van der Waals surface area contributed by atoms with Gasteiger partial charge < -0.3 is 19.5 Å². The molecular formula is C15H22BrNO3. The summed E-state index contributed by atoms with van der Waals surface area (Å²) < 4.78 is 17.4. The summed E-state index contributed by atoms with van der Waals surface area (Å²) in [6.45, 7) is 2.14. The van der Waals surface area contributed by atoms with Crippen molar-refractivity contribution in [2.45, 2.75) is 25.0 Å². The summed E-state index contributed by atoms with van der Waals surface area (Å²) >= 11 is 3.49. The lowest BCUT2D eigenvalue weighted by molar-refractivity contribution is 0.0272. The Balaban J connectivity index is 2.04. The highest BCUT2D eigenvalue weighted by atomic mass is 79.9. The molecule has 5 heteroatoms. The Morgan fingerprint density at radius 3 is 3.05 bits per heavy atom. The van der Waals surface area contributed by atoms with Crippen molar-refractivity contribution < 1.29 is 14.2 Å². The molecule has 2 rings (SSSR count). The van der Waals surface area contributed by atoms with Gasteiger partial charge in [0.05, 0.1) is 19.3 Å². The van der Waals surface area contributed by atoms with Crippen LogP contribution in [0.3, 0.4) is 0 Å². The second-order valence-electron chi connectivity index (χ2n) is 4.95. The van der Waals surface area contributed by atoms with Gasteiger partial charge >= 0.3 is 0 Å². The number of methoxy groups -OCH3 is 2. The zero-order valence-electron chi connectivity index (χ0n) is 12.0. The van der Waals surface area contributed by atoms with Gasteiger partial charge in [-0.2, -0.15) is 0 Å². The van der Waals surface area contributed by atoms with Crippen molar-refractivity contribution in [3.05, 3.63) is 28.2 Å². The van der Waals surface area contributed by atoms with Crippen LogP contribution in [0.15, 0.2) is 22.7 Å². The first-order valence-electron chi connectivity index (χ1n) is 6.92. The Hall–Kier alpha value is -0.620. The Morgan fingerprint density at radius 2 is 2.30 bits per heavy atom. The number of hydrogen-bond donors (Lipinski definition) is 1. The van der Waals surface area contributed by atoms with Crippen molar-refractivity contribution in [3.8, 4) is 5.75 Å². The van der Waals surface area contributed by atoms with Gasteiger partial charge in [0.2, 0.25) is 0 Å². The van der Waals surface area contributed by atoms with E-state index in [2.05, 4.69) is 33.4 Å². The summed E-state index contributed by atoms with van der Waals surface area (Å²) in [5.41, 5.74) is 1.22. The Bertz CT molecular complexity index is 428. The van der Waals surface area contributed by atoms with Crippen LogP contribution in [0, 0.1) is 0 Å². The maximum atomic E-state index is 5.81. The molecule has 20 heavy (non-hydrogen) atoms. The van der Waals surface area contributed by atoms with Crippen LogP contribution in [0.2, 0.25) is 0 Å². The van der Waals surface area contributed by atoms with Crippen LogP contribution >= 0.6 is 15.9 Å². The molecule has 1 aliphatic heterocycles. The molecule has 0 aromatic heterocycles. The van der Waals surface area contributed by atoms with E-state index in [9.17, 15) is 0 Å². The molecule has 0 saturated carbocycles. The van der Waals surface area contributed by atoms with Crippen molar-refractivity contribution in [3.63, 3.8) is 0 Å². The lowest BCUT2D eigenvalue weighted by Crippen LogP contribution is -2.34. The van der Waals surface area contributed by atoms with E-state index in [1.165, 1.54) is 5.56 Å². The van der Waals surface area contributed by atoms with Gasteiger partial charge in [0.1, 0.15) is 5.75 Å². The highest BCUT2D eigenvalue weighted by Gasteiger charge is 2.20. The quantitative estimate of drug-likeness (QED) is 0.861. The third-order valence-corrected chi connectivity index (χ3v) is 4.02. The zero-order valence-corrected chi connectivity index (χ0v) is 13.6. The van der Waals surface area contributed by atoms with Gasteiger partial charge in [-0.3, -0.25) is 0 Å². The average Bonchev–Trinajstić information content (AvgIpc) is 2.65. The molecule has 4 nitrogen and oxygen atoms in total. The Labute approximate surface area is 128 Å². The summed E-state index contributed by atoms with van der Waals surface area (Å²) in [7, 11) is 3.41. The fourth-order valence-electron chi connectivity index (χ4n) is 2.43. The fraction of sp³-hybridized carbons (Fsp3) is 0.600. The monoisotopic (exact) mass is 343 g/mol. The molecule has 0 radical (unpaired) electrons. The molecule has 1 N–H and O–H groups in total. The predicted molar refractivity (Wildman–Crippen MR) is 82.3 cm³/mol. The third kappa shape index (κ3) is 4.19. The first-order chi connectivity index (χ1) is 9.74. The van der Waals surface area contributed by atoms with Crippen LogP contribution in [0.1, 0.15) is 24.4 Å². The second-order valence-corrected chi connectivity index (χ2v) is 5.86. The zero-order chi connectivity index (χ0) is 14.4. The van der Waals surface area contributed by atoms with Gasteiger partial charge in [0, 0.05) is 36.8 Å². The van der Waals surface area contributed by atoms with E-state index < -0.39 is 0 Å². The van der Waals surface area contributed by atoms with Crippen LogP contribution in [-0.2, 0) is 9.47 Å². The SMILES string of the molecule is COCC(CNC1CCCOc2cc(Br)ccc21)OC. The third-order valence-electron chi connectivity index (χ3n) is 3.52. The Kier molecular flexibility index (Phi) is 6.29. The summed E-state index contributed by atoms with van der Waals surface area (Å²) in [5, 5.41) is 3.57. The van der Waals surface area contributed by atoms with E-state index in [1.54, 1.807) is 14.2 Å². The lowest BCUT2D eigenvalue weighted by Gasteiger charge is -2.22. The number of benzene rings is 1. The van der Waals surface area contributed by atoms with Crippen molar-refractivity contribution in [2.75, 3.05) is 34.0 Å². The summed E-state index contributed by atoms with van der Waals surface area (Å²) in [6, 6.07) is 6.53. The number of halogens is 1. The first kappa shape index (κ1) is 15.8. The molecule has 0 aliphatic carbocycles. The molecule has 0 fully saturated rings. The summed E-state index contributed by atoms with van der Waals surface area (Å²) in [4.78, 5) is 0. The first-order valence-corrected chi connectivity index (χ1v) is 7.71. The van der Waals surface area contributed by atoms with Crippen molar-refractivity contribution in [1.29, 1.82) is 0 Å². The minimum Gasteiger partial charge on any atom is -0.493 e. The highest BCUT2D eigenvalue weighted by molar-refractivity contribution is 9.10. The minimum absolute atomic E-state index is 0.0723. The van der Waals surface area contributed by atoms with E-state index in [0.29, 0.717) is 12.6 Å². The molecule has 1 aromatic carbocycles. The molecule has 0 saturated heterocycles. The summed E-state index contributed by atoms with van der Waals surface area (Å²) in [6.07, 6.45) is 2.19. The molecule has 0 amide bonds. The Morgan fingerprint density at radius 1 is 1.45 bits per heavy atom. The smallest absolute Gasteiger partial charge is 0.125 e. The predicted octanol–water partition coefficient (Wildman–Crippen LogP) is 2.91. The molecule has 0 bridgehead atoms. The molecular weight excluding hydrogens is 322 g/mol. The van der Waals surface area contributed by atoms with E-state index in [4.69, 9.17) is 14.2 Å². The van der Waals surface area contributed by atoms with Gasteiger partial charge in [0.25, 0.3) is 0 Å². The minimum atomic E-state index is 0.0723. The topological polar surface area (TPSA) is 39.7 Å². The number of nitrogens with one attached hydrogen (secondary N) is 1. The van der Waals surface area contributed by atoms with Crippen LogP contribution in [0.4, 0.5) is 0 Å². The van der Waals surface area contributed by atoms with Gasteiger partial charge in [-0.1, -0.05) is 22.0 Å². The maximum absolute atomic E-state index is 5.81. The van der Waals surface area contributed by atoms with E-state index in [1.807, 2.05) is 6.07 Å². The largest absolute Gasteiger partial charge is 0.493 e. The summed E-state index contributed by atoms with van der Waals surface area (Å²) in [5.74, 6) is 0.968. The average molecular weight is 344 g/mol. The van der Waals surface area contributed by atoms with E-state index in [0.717, 1.165) is 36.2 Å². The van der Waals surface area contributed by atoms with Crippen molar-refractivity contribution >= 4 is 15.9 Å². The fourth-order valence-corrected chi connectivity index (χ4v) is 2.77. The van der Waals surface area contributed by atoms with Crippen molar-refractivity contribution in [1.82, 2.24) is 5.32 Å². The molecule has 2 unspecified atom stereocenters. The van der Waals surface area contributed by atoms with Gasteiger partial charge in [0.15, 0.2) is 0 Å². The number of fused-ring (bicyclic) bond motifs is 1. The van der Waals surface area contributed by atoms with Crippen LogP contribution in [-0.4, -0.2) is 40.1 Å². The van der Waals surface area contributed by atoms with Crippen LogP contribution < -0.4 is 10.1 Å². The van der Waals surface area contributed by atoms with E-state index >= 15 is 0 Å². The molecule has 1 aromatic rings. The van der Waals surface area contributed by atoms with Gasteiger partial charge in [-0.15, -0.1) is 0 Å². The molecule has 0 spiro atoms. The molecule has 1 aliphatic rings. The van der Waals surface area contributed by atoms with Gasteiger partial charge in [-0.25, -0.2) is 0 Å². The number of rotatable bonds is 6. The van der Waals surface area contributed by atoms with Gasteiger partial charge in [-0.05, 0) is 25.0 Å². The highest BCUT2D eigenvalue weighted by Crippen LogP contribution is 2.33. The van der Waals surface area contributed by atoms with Crippen LogP contribution in [0.5, 0.6) is 5.75 Å². The van der Waals surface area contributed by atoms with Crippen molar-refractivity contribution in [2.24, 2.45) is 0 Å². The lowest BCUT2D eigenvalue weighted by atomic mass is 10.0. The normalized spacial score (nSPS) is 19.9. The number of ether oxygens (including phenoxy) is 3. The second kappa shape index (κ2) is 7.98. The molecule has 112 valence electrons.